The minimum atomic E-state index is -0.466. The quantitative estimate of drug-likeness (QED) is 0.886. The lowest BCUT2D eigenvalue weighted by molar-refractivity contribution is 0.102. The van der Waals surface area contributed by atoms with E-state index in [-0.39, 0.29) is 11.3 Å². The molecule has 1 amide bonds. The van der Waals surface area contributed by atoms with Crippen LogP contribution in [0, 0.1) is 6.92 Å². The number of nitrogens with zero attached hydrogens (tertiary/aromatic N) is 1. The zero-order valence-electron chi connectivity index (χ0n) is 10.7. The molecule has 0 saturated carbocycles. The van der Waals surface area contributed by atoms with E-state index in [1.165, 1.54) is 13.2 Å². The number of carbonyl (C=O) groups excluding carboxylic acids is 1. The average Bonchev–Trinajstić information content (AvgIpc) is 2.40. The molecule has 0 bridgehead atoms. The largest absolute Gasteiger partial charge is 0.507 e. The van der Waals surface area contributed by atoms with E-state index >= 15 is 0 Å². The Hall–Kier alpha value is -2.56. The fourth-order valence-electron chi connectivity index (χ4n) is 1.64. The van der Waals surface area contributed by atoms with E-state index in [2.05, 4.69) is 10.3 Å². The van der Waals surface area contributed by atoms with Gasteiger partial charge in [-0.3, -0.25) is 4.79 Å². The first kappa shape index (κ1) is 12.9. The first-order chi connectivity index (χ1) is 9.11. The van der Waals surface area contributed by atoms with Gasteiger partial charge >= 0.3 is 0 Å². The maximum absolute atomic E-state index is 12.1. The van der Waals surface area contributed by atoms with Crippen LogP contribution in [0.25, 0.3) is 0 Å². The Labute approximate surface area is 110 Å². The van der Waals surface area contributed by atoms with Crippen LogP contribution in [0.5, 0.6) is 11.5 Å². The molecule has 0 saturated heterocycles. The summed E-state index contributed by atoms with van der Waals surface area (Å²) in [6, 6.07) is 8.18. The number of benzene rings is 1. The molecule has 0 spiro atoms. The highest BCUT2D eigenvalue weighted by Gasteiger charge is 2.17. The van der Waals surface area contributed by atoms with E-state index in [0.717, 1.165) is 5.56 Å². The van der Waals surface area contributed by atoms with Crippen molar-refractivity contribution < 1.29 is 14.6 Å². The Morgan fingerprint density at radius 3 is 2.74 bits per heavy atom. The number of carbonyl (C=O) groups is 1. The van der Waals surface area contributed by atoms with Gasteiger partial charge in [0.2, 0.25) is 0 Å². The van der Waals surface area contributed by atoms with E-state index in [4.69, 9.17) is 4.74 Å². The molecule has 1 aromatic carbocycles. The fourth-order valence-corrected chi connectivity index (χ4v) is 1.64. The van der Waals surface area contributed by atoms with Gasteiger partial charge in [-0.2, -0.15) is 0 Å². The zero-order chi connectivity index (χ0) is 13.8. The molecule has 0 radical (unpaired) electrons. The molecule has 98 valence electrons. The van der Waals surface area contributed by atoms with Crippen LogP contribution >= 0.6 is 0 Å². The van der Waals surface area contributed by atoms with Gasteiger partial charge in [0.15, 0.2) is 0 Å². The second-order valence-corrected chi connectivity index (χ2v) is 4.03. The van der Waals surface area contributed by atoms with Crippen molar-refractivity contribution in [2.75, 3.05) is 12.4 Å². The summed E-state index contributed by atoms with van der Waals surface area (Å²) >= 11 is 0. The second kappa shape index (κ2) is 5.39. The van der Waals surface area contributed by atoms with Crippen molar-refractivity contribution in [3.8, 4) is 11.5 Å². The molecule has 0 unspecified atom stereocenters. The average molecular weight is 258 g/mol. The molecule has 0 atom stereocenters. The molecule has 0 aliphatic carbocycles. The van der Waals surface area contributed by atoms with Gasteiger partial charge in [-0.25, -0.2) is 4.98 Å². The predicted octanol–water partition coefficient (Wildman–Crippen LogP) is 2.36. The summed E-state index contributed by atoms with van der Waals surface area (Å²) in [7, 11) is 1.44. The van der Waals surface area contributed by atoms with Gasteiger partial charge in [0, 0.05) is 6.20 Å². The van der Waals surface area contributed by atoms with Gasteiger partial charge in [-0.1, -0.05) is 12.1 Å². The molecule has 0 aliphatic rings. The topological polar surface area (TPSA) is 71.5 Å². The number of aromatic nitrogens is 1. The standard InChI is InChI=1S/C14H14N2O3/c1-9-6-7-12(15-8-9)16-14(18)13-10(17)4-3-5-11(13)19-2/h3-8,17H,1-2H3,(H,15,16,18). The summed E-state index contributed by atoms with van der Waals surface area (Å²) in [4.78, 5) is 16.2. The highest BCUT2D eigenvalue weighted by Crippen LogP contribution is 2.27. The molecule has 0 aliphatic heterocycles. The number of phenolic OH excluding ortho intramolecular Hbond substituents is 1. The number of pyridine rings is 1. The predicted molar refractivity (Wildman–Crippen MR) is 71.6 cm³/mol. The lowest BCUT2D eigenvalue weighted by atomic mass is 10.1. The van der Waals surface area contributed by atoms with Crippen LogP contribution in [0.4, 0.5) is 5.82 Å². The van der Waals surface area contributed by atoms with Gasteiger partial charge in [0.1, 0.15) is 22.9 Å². The number of phenols is 1. The van der Waals surface area contributed by atoms with Crippen LogP contribution in [0.3, 0.4) is 0 Å². The third-order valence-electron chi connectivity index (χ3n) is 2.60. The van der Waals surface area contributed by atoms with Crippen LogP contribution in [0.15, 0.2) is 36.5 Å². The van der Waals surface area contributed by atoms with E-state index in [0.29, 0.717) is 11.6 Å². The maximum Gasteiger partial charge on any atom is 0.264 e. The second-order valence-electron chi connectivity index (χ2n) is 4.03. The Kier molecular flexibility index (Phi) is 3.66. The van der Waals surface area contributed by atoms with Crippen molar-refractivity contribution in [3.05, 3.63) is 47.7 Å². The van der Waals surface area contributed by atoms with Crippen LogP contribution in [0.1, 0.15) is 15.9 Å². The lowest BCUT2D eigenvalue weighted by Crippen LogP contribution is -2.14. The summed E-state index contributed by atoms with van der Waals surface area (Å²) < 4.78 is 5.06. The number of anilines is 1. The molecule has 19 heavy (non-hydrogen) atoms. The van der Waals surface area contributed by atoms with Gasteiger partial charge in [-0.05, 0) is 30.7 Å². The first-order valence-corrected chi connectivity index (χ1v) is 5.72. The number of hydrogen-bond donors (Lipinski definition) is 2. The van der Waals surface area contributed by atoms with E-state index in [1.54, 1.807) is 24.4 Å². The van der Waals surface area contributed by atoms with Crippen molar-refractivity contribution in [2.24, 2.45) is 0 Å². The SMILES string of the molecule is COc1cccc(O)c1C(=O)Nc1ccc(C)cn1. The Morgan fingerprint density at radius 1 is 1.32 bits per heavy atom. The maximum atomic E-state index is 12.1. The van der Waals surface area contributed by atoms with Crippen molar-refractivity contribution in [1.29, 1.82) is 0 Å². The van der Waals surface area contributed by atoms with Crippen molar-refractivity contribution in [3.63, 3.8) is 0 Å². The summed E-state index contributed by atoms with van der Waals surface area (Å²) in [5, 5.41) is 12.4. The van der Waals surface area contributed by atoms with Crippen molar-refractivity contribution >= 4 is 11.7 Å². The molecule has 0 fully saturated rings. The summed E-state index contributed by atoms with van der Waals surface area (Å²) in [5.74, 6) is 0.126. The number of aryl methyl sites for hydroxylation is 1. The first-order valence-electron chi connectivity index (χ1n) is 5.72. The van der Waals surface area contributed by atoms with Gasteiger partial charge < -0.3 is 15.2 Å². The summed E-state index contributed by atoms with van der Waals surface area (Å²) in [6.07, 6.45) is 1.65. The Bertz CT molecular complexity index is 594. The molecule has 1 heterocycles. The smallest absolute Gasteiger partial charge is 0.264 e. The number of methoxy groups -OCH3 is 1. The summed E-state index contributed by atoms with van der Waals surface area (Å²) in [6.45, 7) is 1.91. The molecule has 5 nitrogen and oxygen atoms in total. The molecular formula is C14H14N2O3. The zero-order valence-corrected chi connectivity index (χ0v) is 10.7. The molecule has 2 rings (SSSR count). The van der Waals surface area contributed by atoms with Crippen LogP contribution in [0.2, 0.25) is 0 Å². The third kappa shape index (κ3) is 2.82. The van der Waals surface area contributed by atoms with Crippen molar-refractivity contribution in [2.45, 2.75) is 6.92 Å². The highest BCUT2D eigenvalue weighted by atomic mass is 16.5. The van der Waals surface area contributed by atoms with Gasteiger partial charge in [0.05, 0.1) is 7.11 Å². The number of rotatable bonds is 3. The van der Waals surface area contributed by atoms with E-state index in [1.807, 2.05) is 13.0 Å². The minimum absolute atomic E-state index is 0.0902. The Balaban J connectivity index is 2.27. The molecule has 2 N–H and O–H groups in total. The van der Waals surface area contributed by atoms with Crippen LogP contribution in [-0.4, -0.2) is 23.1 Å². The van der Waals surface area contributed by atoms with E-state index < -0.39 is 5.91 Å². The van der Waals surface area contributed by atoms with Gasteiger partial charge in [0.25, 0.3) is 5.91 Å². The van der Waals surface area contributed by atoms with E-state index in [9.17, 15) is 9.90 Å². The van der Waals surface area contributed by atoms with Crippen LogP contribution < -0.4 is 10.1 Å². The Morgan fingerprint density at radius 2 is 2.11 bits per heavy atom. The number of amides is 1. The number of ether oxygens (including phenoxy) is 1. The molecular weight excluding hydrogens is 244 g/mol. The normalized spacial score (nSPS) is 10.0. The highest BCUT2D eigenvalue weighted by molar-refractivity contribution is 6.07. The lowest BCUT2D eigenvalue weighted by Gasteiger charge is -2.10. The van der Waals surface area contributed by atoms with Gasteiger partial charge in [-0.15, -0.1) is 0 Å². The molecule has 1 aromatic heterocycles. The number of hydrogen-bond acceptors (Lipinski definition) is 4. The summed E-state index contributed by atoms with van der Waals surface area (Å²) in [5.41, 5.74) is 1.09. The molecule has 5 heteroatoms. The number of nitrogens with one attached hydrogen (secondary N) is 1. The third-order valence-corrected chi connectivity index (χ3v) is 2.60. The molecule has 2 aromatic rings. The number of aromatic hydroxyl groups is 1. The fraction of sp³-hybridized carbons (Fsp3) is 0.143. The van der Waals surface area contributed by atoms with Crippen LogP contribution in [-0.2, 0) is 0 Å². The monoisotopic (exact) mass is 258 g/mol. The minimum Gasteiger partial charge on any atom is -0.507 e. The van der Waals surface area contributed by atoms with Crippen molar-refractivity contribution in [1.82, 2.24) is 4.98 Å².